The van der Waals surface area contributed by atoms with Gasteiger partial charge in [-0.05, 0) is 40.5 Å². The number of hydrogen-bond acceptors (Lipinski definition) is 3. The standard InChI is InChI=1S/C12H13Br2N3O2S/c1-8-5-10(14)11(6-9(8)13)20(18,19)17(2)7-12-15-3-4-16-12/h3-6H,7H2,1-2H3,(H,15,16). The minimum atomic E-state index is -3.59. The van der Waals surface area contributed by atoms with Crippen LogP contribution in [0.2, 0.25) is 0 Å². The Morgan fingerprint density at radius 1 is 1.30 bits per heavy atom. The van der Waals surface area contributed by atoms with Gasteiger partial charge in [-0.15, -0.1) is 0 Å². The Kier molecular flexibility index (Phi) is 4.68. The molecule has 0 saturated carbocycles. The van der Waals surface area contributed by atoms with Crippen LogP contribution in [0.1, 0.15) is 11.4 Å². The molecule has 0 aliphatic carbocycles. The maximum absolute atomic E-state index is 12.6. The van der Waals surface area contributed by atoms with E-state index in [1.54, 1.807) is 24.5 Å². The molecule has 8 heteroatoms. The highest BCUT2D eigenvalue weighted by Crippen LogP contribution is 2.30. The molecule has 1 N–H and O–H groups in total. The second-order valence-corrected chi connectivity index (χ2v) is 8.05. The zero-order valence-corrected chi connectivity index (χ0v) is 14.9. The highest BCUT2D eigenvalue weighted by molar-refractivity contribution is 9.11. The maximum atomic E-state index is 12.6. The summed E-state index contributed by atoms with van der Waals surface area (Å²) >= 11 is 6.67. The first kappa shape index (κ1) is 15.7. The number of aromatic nitrogens is 2. The topological polar surface area (TPSA) is 66.1 Å². The summed E-state index contributed by atoms with van der Waals surface area (Å²) < 4.78 is 27.7. The fraction of sp³-hybridized carbons (Fsp3) is 0.250. The molecule has 0 aliphatic heterocycles. The van der Waals surface area contributed by atoms with Gasteiger partial charge in [-0.1, -0.05) is 15.9 Å². The summed E-state index contributed by atoms with van der Waals surface area (Å²) in [4.78, 5) is 7.15. The van der Waals surface area contributed by atoms with Gasteiger partial charge in [-0.25, -0.2) is 13.4 Å². The van der Waals surface area contributed by atoms with Crippen LogP contribution < -0.4 is 0 Å². The lowest BCUT2D eigenvalue weighted by molar-refractivity contribution is 0.457. The third-order valence-corrected chi connectivity index (χ3v) is 6.44. The molecule has 0 aliphatic rings. The minimum Gasteiger partial charge on any atom is -0.347 e. The second kappa shape index (κ2) is 5.97. The molecule has 108 valence electrons. The third kappa shape index (κ3) is 3.13. The van der Waals surface area contributed by atoms with Crippen molar-refractivity contribution < 1.29 is 8.42 Å². The summed E-state index contributed by atoms with van der Waals surface area (Å²) in [6, 6.07) is 3.38. The summed E-state index contributed by atoms with van der Waals surface area (Å²) in [5, 5.41) is 0. The van der Waals surface area contributed by atoms with E-state index in [1.165, 1.54) is 11.4 Å². The van der Waals surface area contributed by atoms with Crippen molar-refractivity contribution in [3.05, 3.63) is 44.9 Å². The van der Waals surface area contributed by atoms with Crippen molar-refractivity contribution in [2.45, 2.75) is 18.4 Å². The molecule has 0 spiro atoms. The molecule has 0 atom stereocenters. The molecule has 2 aromatic rings. The number of rotatable bonds is 4. The number of nitrogens with zero attached hydrogens (tertiary/aromatic N) is 2. The molecule has 0 bridgehead atoms. The van der Waals surface area contributed by atoms with E-state index in [-0.39, 0.29) is 11.4 Å². The van der Waals surface area contributed by atoms with Gasteiger partial charge in [-0.3, -0.25) is 0 Å². The number of hydrogen-bond donors (Lipinski definition) is 1. The summed E-state index contributed by atoms with van der Waals surface area (Å²) in [7, 11) is -2.06. The largest absolute Gasteiger partial charge is 0.347 e. The molecule has 0 unspecified atom stereocenters. The third-order valence-electron chi connectivity index (χ3n) is 2.83. The Hall–Kier alpha value is -0.700. The van der Waals surface area contributed by atoms with Gasteiger partial charge in [0.1, 0.15) is 5.82 Å². The summed E-state index contributed by atoms with van der Waals surface area (Å²) in [5.74, 6) is 0.596. The lowest BCUT2D eigenvalue weighted by Gasteiger charge is -2.17. The van der Waals surface area contributed by atoms with Crippen LogP contribution in [-0.2, 0) is 16.6 Å². The highest BCUT2D eigenvalue weighted by atomic mass is 79.9. The van der Waals surface area contributed by atoms with Crippen LogP contribution in [0.15, 0.2) is 38.4 Å². The number of sulfonamides is 1. The van der Waals surface area contributed by atoms with Gasteiger partial charge in [0.05, 0.1) is 11.4 Å². The molecule has 1 heterocycles. The van der Waals surface area contributed by atoms with Gasteiger partial charge in [-0.2, -0.15) is 4.31 Å². The number of benzene rings is 1. The van der Waals surface area contributed by atoms with E-state index in [0.29, 0.717) is 10.3 Å². The van der Waals surface area contributed by atoms with E-state index in [4.69, 9.17) is 0 Å². The van der Waals surface area contributed by atoms with Crippen LogP contribution in [0.4, 0.5) is 0 Å². The number of aromatic amines is 1. The van der Waals surface area contributed by atoms with Crippen LogP contribution in [0.25, 0.3) is 0 Å². The van der Waals surface area contributed by atoms with Crippen molar-refractivity contribution >= 4 is 41.9 Å². The van der Waals surface area contributed by atoms with Crippen molar-refractivity contribution in [2.24, 2.45) is 0 Å². The average molecular weight is 423 g/mol. The van der Waals surface area contributed by atoms with Crippen LogP contribution in [0.5, 0.6) is 0 Å². The van der Waals surface area contributed by atoms with Gasteiger partial charge in [0.2, 0.25) is 10.0 Å². The van der Waals surface area contributed by atoms with Crippen LogP contribution >= 0.6 is 31.9 Å². The molecule has 0 saturated heterocycles. The zero-order valence-electron chi connectivity index (χ0n) is 10.9. The average Bonchev–Trinajstić information content (AvgIpc) is 2.86. The Morgan fingerprint density at radius 2 is 2.00 bits per heavy atom. The van der Waals surface area contributed by atoms with Gasteiger partial charge in [0.25, 0.3) is 0 Å². The molecule has 5 nitrogen and oxygen atoms in total. The summed E-state index contributed by atoms with van der Waals surface area (Å²) in [6.07, 6.45) is 3.25. The second-order valence-electron chi connectivity index (χ2n) is 4.33. The Labute approximate surface area is 134 Å². The first-order valence-electron chi connectivity index (χ1n) is 5.72. The maximum Gasteiger partial charge on any atom is 0.244 e. The van der Waals surface area contributed by atoms with E-state index < -0.39 is 10.0 Å². The molecule has 0 amide bonds. The van der Waals surface area contributed by atoms with Crippen molar-refractivity contribution in [1.82, 2.24) is 14.3 Å². The van der Waals surface area contributed by atoms with Crippen molar-refractivity contribution in [3.8, 4) is 0 Å². The highest BCUT2D eigenvalue weighted by Gasteiger charge is 2.25. The summed E-state index contributed by atoms with van der Waals surface area (Å²) in [6.45, 7) is 2.09. The van der Waals surface area contributed by atoms with Crippen molar-refractivity contribution in [1.29, 1.82) is 0 Å². The van der Waals surface area contributed by atoms with Gasteiger partial charge in [0.15, 0.2) is 0 Å². The first-order chi connectivity index (χ1) is 9.32. The van der Waals surface area contributed by atoms with Crippen molar-refractivity contribution in [3.63, 3.8) is 0 Å². The van der Waals surface area contributed by atoms with E-state index in [0.717, 1.165) is 10.0 Å². The van der Waals surface area contributed by atoms with Crippen LogP contribution in [0.3, 0.4) is 0 Å². The van der Waals surface area contributed by atoms with Gasteiger partial charge >= 0.3 is 0 Å². The number of imidazole rings is 1. The zero-order chi connectivity index (χ0) is 14.9. The predicted octanol–water partition coefficient (Wildman–Crippen LogP) is 3.06. The number of halogens is 2. The molecule has 0 radical (unpaired) electrons. The SMILES string of the molecule is Cc1cc(Br)c(S(=O)(=O)N(C)Cc2ncc[nH]2)cc1Br. The molecule has 0 fully saturated rings. The molecule has 20 heavy (non-hydrogen) atoms. The lowest BCUT2D eigenvalue weighted by Crippen LogP contribution is -2.27. The molecule has 2 rings (SSSR count). The van der Waals surface area contributed by atoms with Gasteiger partial charge in [0, 0.05) is 28.4 Å². The van der Waals surface area contributed by atoms with Gasteiger partial charge < -0.3 is 4.98 Å². The fourth-order valence-electron chi connectivity index (χ4n) is 1.67. The quantitative estimate of drug-likeness (QED) is 0.823. The van der Waals surface area contributed by atoms with E-state index in [1.807, 2.05) is 6.92 Å². The Balaban J connectivity index is 2.37. The van der Waals surface area contributed by atoms with E-state index in [9.17, 15) is 8.42 Å². The Bertz CT molecular complexity index is 715. The molecular formula is C12H13Br2N3O2S. The fourth-order valence-corrected chi connectivity index (χ4v) is 4.44. The van der Waals surface area contributed by atoms with Crippen molar-refractivity contribution in [2.75, 3.05) is 7.05 Å². The Morgan fingerprint density at radius 3 is 2.60 bits per heavy atom. The number of aryl methyl sites for hydroxylation is 1. The molecule has 1 aromatic heterocycles. The van der Waals surface area contributed by atoms with Crippen LogP contribution in [0, 0.1) is 6.92 Å². The minimum absolute atomic E-state index is 0.188. The predicted molar refractivity (Wildman–Crippen MR) is 83.8 cm³/mol. The van der Waals surface area contributed by atoms with E-state index in [2.05, 4.69) is 41.8 Å². The monoisotopic (exact) mass is 421 g/mol. The molecule has 1 aromatic carbocycles. The smallest absolute Gasteiger partial charge is 0.244 e. The summed E-state index contributed by atoms with van der Waals surface area (Å²) in [5.41, 5.74) is 0.963. The van der Waals surface area contributed by atoms with Crippen LogP contribution in [-0.4, -0.2) is 29.7 Å². The normalized spacial score (nSPS) is 12.1. The van der Waals surface area contributed by atoms with E-state index >= 15 is 0 Å². The number of H-pyrrole nitrogens is 1. The lowest BCUT2D eigenvalue weighted by atomic mass is 10.2. The molecular weight excluding hydrogens is 410 g/mol. The first-order valence-corrected chi connectivity index (χ1v) is 8.75. The number of nitrogens with one attached hydrogen (secondary N) is 1.